The molecule has 0 bridgehead atoms. The van der Waals surface area contributed by atoms with Crippen molar-refractivity contribution in [2.24, 2.45) is 0 Å². The predicted octanol–water partition coefficient (Wildman–Crippen LogP) is 4.00. The third-order valence-corrected chi connectivity index (χ3v) is 4.98. The van der Waals surface area contributed by atoms with Crippen LogP contribution in [0.4, 0.5) is 15.8 Å². The van der Waals surface area contributed by atoms with Crippen molar-refractivity contribution >= 4 is 17.3 Å². The molecule has 6 nitrogen and oxygen atoms in total. The predicted molar refractivity (Wildman–Crippen MR) is 109 cm³/mol. The fourth-order valence-corrected chi connectivity index (χ4v) is 3.56. The maximum atomic E-state index is 13.5. The fraction of sp³-hybridized carbons (Fsp3) is 0.273. The van der Waals surface area contributed by atoms with Crippen LogP contribution in [-0.2, 0) is 0 Å². The van der Waals surface area contributed by atoms with Gasteiger partial charge in [0.15, 0.2) is 0 Å². The van der Waals surface area contributed by atoms with Crippen LogP contribution in [0.1, 0.15) is 39.9 Å². The Balaban J connectivity index is 1.49. The Labute approximate surface area is 168 Å². The van der Waals surface area contributed by atoms with Gasteiger partial charge in [-0.15, -0.1) is 0 Å². The van der Waals surface area contributed by atoms with E-state index in [1.807, 2.05) is 32.0 Å². The van der Waals surface area contributed by atoms with E-state index in [1.165, 1.54) is 18.3 Å². The van der Waals surface area contributed by atoms with Gasteiger partial charge in [-0.2, -0.15) is 0 Å². The lowest BCUT2D eigenvalue weighted by Crippen LogP contribution is -2.29. The highest BCUT2D eigenvalue weighted by Gasteiger charge is 2.29. The number of aryl methyl sites for hydroxylation is 2. The average molecular weight is 391 g/mol. The molecule has 1 aliphatic rings. The zero-order valence-corrected chi connectivity index (χ0v) is 16.4. The molecule has 0 aliphatic carbocycles. The lowest BCUT2D eigenvalue weighted by Gasteiger charge is -2.17. The number of rotatable bonds is 4. The highest BCUT2D eigenvalue weighted by Crippen LogP contribution is 2.29. The van der Waals surface area contributed by atoms with E-state index in [1.54, 1.807) is 17.2 Å². The number of anilines is 2. The lowest BCUT2D eigenvalue weighted by atomic mass is 10.0. The molecule has 29 heavy (non-hydrogen) atoms. The van der Waals surface area contributed by atoms with Gasteiger partial charge in [0, 0.05) is 48.0 Å². The first-order valence-electron chi connectivity index (χ1n) is 9.57. The summed E-state index contributed by atoms with van der Waals surface area (Å²) in [5.74, 6) is -0.249. The molecule has 0 spiro atoms. The summed E-state index contributed by atoms with van der Waals surface area (Å²) in [6.45, 7) is 5.01. The number of nitrogens with zero attached hydrogens (tertiary/aromatic N) is 4. The van der Waals surface area contributed by atoms with E-state index >= 15 is 0 Å². The average Bonchev–Trinajstić information content (AvgIpc) is 3.18. The summed E-state index contributed by atoms with van der Waals surface area (Å²) >= 11 is 0. The summed E-state index contributed by atoms with van der Waals surface area (Å²) in [6.07, 6.45) is 3.96. The topological polar surface area (TPSA) is 71.0 Å². The van der Waals surface area contributed by atoms with Gasteiger partial charge in [-0.25, -0.2) is 9.37 Å². The van der Waals surface area contributed by atoms with Crippen molar-refractivity contribution in [1.82, 2.24) is 19.9 Å². The van der Waals surface area contributed by atoms with Gasteiger partial charge in [0.2, 0.25) is 0 Å². The Morgan fingerprint density at radius 1 is 1.10 bits per heavy atom. The monoisotopic (exact) mass is 391 g/mol. The van der Waals surface area contributed by atoms with Gasteiger partial charge in [0.25, 0.3) is 5.91 Å². The van der Waals surface area contributed by atoms with Crippen LogP contribution in [0.15, 0.2) is 48.8 Å². The molecule has 4 rings (SSSR count). The van der Waals surface area contributed by atoms with Crippen LogP contribution in [0.2, 0.25) is 0 Å². The molecule has 1 aliphatic heterocycles. The first-order valence-corrected chi connectivity index (χ1v) is 9.57. The van der Waals surface area contributed by atoms with Crippen LogP contribution >= 0.6 is 0 Å². The molecule has 1 N–H and O–H groups in total. The minimum absolute atomic E-state index is 0.106. The summed E-state index contributed by atoms with van der Waals surface area (Å²) in [5.41, 5.74) is 4.48. The highest BCUT2D eigenvalue weighted by atomic mass is 19.1. The molecule has 148 valence electrons. The molecule has 2 aromatic heterocycles. The largest absolute Gasteiger partial charge is 0.355 e. The number of carbonyl (C=O) groups is 1. The highest BCUT2D eigenvalue weighted by molar-refractivity contribution is 5.92. The number of pyridine rings is 1. The van der Waals surface area contributed by atoms with Gasteiger partial charge in [-0.3, -0.25) is 14.8 Å². The number of amides is 1. The second-order valence-electron chi connectivity index (χ2n) is 7.34. The Hall–Kier alpha value is -3.35. The van der Waals surface area contributed by atoms with Crippen LogP contribution in [0.25, 0.3) is 0 Å². The molecule has 0 saturated carbocycles. The van der Waals surface area contributed by atoms with E-state index in [0.717, 1.165) is 29.2 Å². The first kappa shape index (κ1) is 19.0. The SMILES string of the molecule is Cc1cnc(C(=O)N2CCC(c3cc(Nc4cccc(F)c4)cc(C)n3)C2)cn1. The number of benzene rings is 1. The maximum absolute atomic E-state index is 13.5. The summed E-state index contributed by atoms with van der Waals surface area (Å²) in [7, 11) is 0. The van der Waals surface area contributed by atoms with Crippen LogP contribution in [-0.4, -0.2) is 38.8 Å². The summed E-state index contributed by atoms with van der Waals surface area (Å²) in [5, 5.41) is 3.24. The zero-order valence-electron chi connectivity index (χ0n) is 16.4. The first-order chi connectivity index (χ1) is 14.0. The third-order valence-electron chi connectivity index (χ3n) is 4.98. The maximum Gasteiger partial charge on any atom is 0.274 e. The van der Waals surface area contributed by atoms with Gasteiger partial charge in [0.05, 0.1) is 11.9 Å². The molecule has 1 aromatic carbocycles. The molecular weight excluding hydrogens is 369 g/mol. The van der Waals surface area contributed by atoms with Gasteiger partial charge in [0.1, 0.15) is 11.5 Å². The summed E-state index contributed by atoms with van der Waals surface area (Å²) in [6, 6.07) is 10.2. The Morgan fingerprint density at radius 2 is 1.97 bits per heavy atom. The number of carbonyl (C=O) groups excluding carboxylic acids is 1. The van der Waals surface area contributed by atoms with Gasteiger partial charge < -0.3 is 10.2 Å². The second kappa shape index (κ2) is 7.95. The van der Waals surface area contributed by atoms with E-state index in [2.05, 4.69) is 20.3 Å². The molecule has 1 saturated heterocycles. The van der Waals surface area contributed by atoms with Crippen LogP contribution < -0.4 is 5.32 Å². The van der Waals surface area contributed by atoms with Crippen molar-refractivity contribution in [2.45, 2.75) is 26.2 Å². The molecule has 0 radical (unpaired) electrons. The molecular formula is C22H22FN5O. The summed E-state index contributed by atoms with van der Waals surface area (Å²) in [4.78, 5) is 27.5. The Bertz CT molecular complexity index is 1040. The molecule has 3 aromatic rings. The van der Waals surface area contributed by atoms with E-state index in [-0.39, 0.29) is 17.6 Å². The standard InChI is InChI=1S/C22H22FN5O/c1-14-8-19(27-18-5-3-4-17(23)9-18)10-20(26-14)16-6-7-28(13-16)22(29)21-12-24-15(2)11-25-21/h3-5,8-12,16H,6-7,13H2,1-2H3,(H,26,27). The smallest absolute Gasteiger partial charge is 0.274 e. The van der Waals surface area contributed by atoms with Crippen molar-refractivity contribution in [2.75, 3.05) is 18.4 Å². The van der Waals surface area contributed by atoms with E-state index < -0.39 is 0 Å². The normalized spacial score (nSPS) is 16.1. The molecule has 3 heterocycles. The number of hydrogen-bond acceptors (Lipinski definition) is 5. The van der Waals surface area contributed by atoms with Crippen molar-refractivity contribution in [3.8, 4) is 0 Å². The number of nitrogens with one attached hydrogen (secondary N) is 1. The third kappa shape index (κ3) is 4.39. The molecule has 1 atom stereocenters. The van der Waals surface area contributed by atoms with Gasteiger partial charge in [-0.1, -0.05) is 6.07 Å². The van der Waals surface area contributed by atoms with E-state index in [0.29, 0.717) is 24.5 Å². The minimum atomic E-state index is -0.287. The number of aromatic nitrogens is 3. The molecule has 7 heteroatoms. The van der Waals surface area contributed by atoms with Crippen LogP contribution in [0.3, 0.4) is 0 Å². The molecule has 1 unspecified atom stereocenters. The second-order valence-corrected chi connectivity index (χ2v) is 7.34. The van der Waals surface area contributed by atoms with E-state index in [9.17, 15) is 9.18 Å². The zero-order chi connectivity index (χ0) is 20.4. The fourth-order valence-electron chi connectivity index (χ4n) is 3.56. The number of likely N-dealkylation sites (tertiary alicyclic amines) is 1. The van der Waals surface area contributed by atoms with Crippen LogP contribution in [0.5, 0.6) is 0 Å². The quantitative estimate of drug-likeness (QED) is 0.728. The van der Waals surface area contributed by atoms with Gasteiger partial charge >= 0.3 is 0 Å². The summed E-state index contributed by atoms with van der Waals surface area (Å²) < 4.78 is 13.5. The number of hydrogen-bond donors (Lipinski definition) is 1. The molecule has 1 fully saturated rings. The van der Waals surface area contributed by atoms with Crippen molar-refractivity contribution in [3.63, 3.8) is 0 Å². The Morgan fingerprint density at radius 3 is 2.72 bits per heavy atom. The van der Waals surface area contributed by atoms with Crippen molar-refractivity contribution in [1.29, 1.82) is 0 Å². The number of halogens is 1. The minimum Gasteiger partial charge on any atom is -0.355 e. The van der Waals surface area contributed by atoms with Crippen molar-refractivity contribution in [3.05, 3.63) is 77.4 Å². The van der Waals surface area contributed by atoms with E-state index in [4.69, 9.17) is 0 Å². The van der Waals surface area contributed by atoms with Gasteiger partial charge in [-0.05, 0) is 50.6 Å². The molecule has 1 amide bonds. The lowest BCUT2D eigenvalue weighted by molar-refractivity contribution is 0.0784. The Kier molecular flexibility index (Phi) is 5.20. The van der Waals surface area contributed by atoms with Crippen molar-refractivity contribution < 1.29 is 9.18 Å². The van der Waals surface area contributed by atoms with Crippen LogP contribution in [0, 0.1) is 19.7 Å².